The molecule has 0 bridgehead atoms. The summed E-state index contributed by atoms with van der Waals surface area (Å²) in [6, 6.07) is 0. The highest BCUT2D eigenvalue weighted by Crippen LogP contribution is 2.28. The van der Waals surface area contributed by atoms with Gasteiger partial charge in [-0.1, -0.05) is 41.5 Å². The molecule has 0 saturated carbocycles. The zero-order chi connectivity index (χ0) is 13.1. The second-order valence-electron chi connectivity index (χ2n) is 6.79. The van der Waals surface area contributed by atoms with Crippen molar-refractivity contribution < 1.29 is 0 Å². The monoisotopic (exact) mass is 271 g/mol. The van der Waals surface area contributed by atoms with E-state index in [0.717, 1.165) is 6.42 Å². The van der Waals surface area contributed by atoms with Gasteiger partial charge < -0.3 is 0 Å². The average Bonchev–Trinajstić information content (AvgIpc) is 2.58. The van der Waals surface area contributed by atoms with E-state index in [2.05, 4.69) is 51.3 Å². The van der Waals surface area contributed by atoms with Gasteiger partial charge in [0.15, 0.2) is 0 Å². The molecule has 0 N–H and O–H groups in total. The van der Waals surface area contributed by atoms with E-state index in [1.807, 2.05) is 11.8 Å². The van der Waals surface area contributed by atoms with Crippen LogP contribution in [0.2, 0.25) is 0 Å². The molecule has 0 aliphatic carbocycles. The van der Waals surface area contributed by atoms with Gasteiger partial charge in [0.1, 0.15) is 0 Å². The molecule has 0 aromatic carbocycles. The number of rotatable bonds is 4. The molecule has 0 radical (unpaired) electrons. The predicted octanol–water partition coefficient (Wildman–Crippen LogP) is 4.76. The minimum Gasteiger partial charge on any atom is -0.197 e. The van der Waals surface area contributed by atoms with Crippen molar-refractivity contribution in [2.45, 2.75) is 53.4 Å². The first-order chi connectivity index (χ1) is 7.70. The van der Waals surface area contributed by atoms with Crippen LogP contribution in [0.1, 0.15) is 52.8 Å². The minimum atomic E-state index is 0.233. The van der Waals surface area contributed by atoms with Crippen LogP contribution in [0.3, 0.4) is 0 Å². The van der Waals surface area contributed by atoms with Crippen molar-refractivity contribution in [3.8, 4) is 0 Å². The fraction of sp³-hybridized carbons (Fsp3) is 0.786. The molecule has 0 amide bonds. The van der Waals surface area contributed by atoms with Crippen molar-refractivity contribution >= 4 is 23.3 Å². The van der Waals surface area contributed by atoms with E-state index in [4.69, 9.17) is 0 Å². The van der Waals surface area contributed by atoms with Crippen LogP contribution in [0.15, 0.2) is 5.38 Å². The summed E-state index contributed by atoms with van der Waals surface area (Å²) in [4.78, 5) is 0. The normalized spacial score (nSPS) is 13.1. The summed E-state index contributed by atoms with van der Waals surface area (Å²) >= 11 is 3.64. The van der Waals surface area contributed by atoms with E-state index < -0.39 is 0 Å². The SMILES string of the molecule is CC(C)(C)CSCCc1nscc1C(C)(C)C. The van der Waals surface area contributed by atoms with Gasteiger partial charge in [-0.15, -0.1) is 0 Å². The van der Waals surface area contributed by atoms with E-state index in [9.17, 15) is 0 Å². The van der Waals surface area contributed by atoms with Crippen molar-refractivity contribution in [3.63, 3.8) is 0 Å². The number of aryl methyl sites for hydroxylation is 1. The first-order valence-corrected chi connectivity index (χ1v) is 8.21. The lowest BCUT2D eigenvalue weighted by molar-refractivity contribution is 0.480. The third-order valence-electron chi connectivity index (χ3n) is 2.47. The Balaban J connectivity index is 2.45. The van der Waals surface area contributed by atoms with Gasteiger partial charge in [-0.05, 0) is 39.4 Å². The molecule has 3 heteroatoms. The number of aromatic nitrogens is 1. The fourth-order valence-corrected chi connectivity index (χ4v) is 3.66. The molecule has 0 unspecified atom stereocenters. The Labute approximate surface area is 115 Å². The number of nitrogens with zero attached hydrogens (tertiary/aromatic N) is 1. The Morgan fingerprint density at radius 3 is 2.35 bits per heavy atom. The number of hydrogen-bond donors (Lipinski definition) is 0. The zero-order valence-electron chi connectivity index (χ0n) is 12.0. The Hall–Kier alpha value is -0.0200. The quantitative estimate of drug-likeness (QED) is 0.732. The molecule has 0 aliphatic rings. The van der Waals surface area contributed by atoms with Crippen LogP contribution >= 0.6 is 23.3 Å². The molecule has 1 aromatic rings. The van der Waals surface area contributed by atoms with E-state index in [1.54, 1.807) is 11.5 Å². The van der Waals surface area contributed by atoms with E-state index in [1.165, 1.54) is 22.8 Å². The second kappa shape index (κ2) is 5.75. The Morgan fingerprint density at radius 2 is 1.82 bits per heavy atom. The van der Waals surface area contributed by atoms with Gasteiger partial charge in [0, 0.05) is 11.8 Å². The lowest BCUT2D eigenvalue weighted by Gasteiger charge is -2.19. The van der Waals surface area contributed by atoms with Crippen LogP contribution < -0.4 is 0 Å². The standard InChI is InChI=1S/C14H25NS2/c1-13(2,3)10-16-8-7-12-11(9-17-15-12)14(4,5)6/h9H,7-8,10H2,1-6H3. The smallest absolute Gasteiger partial charge is 0.0587 e. The third kappa shape index (κ3) is 5.43. The van der Waals surface area contributed by atoms with Crippen molar-refractivity contribution in [1.29, 1.82) is 0 Å². The number of hydrogen-bond acceptors (Lipinski definition) is 3. The highest BCUT2D eigenvalue weighted by atomic mass is 32.2. The van der Waals surface area contributed by atoms with Crippen LogP contribution in [-0.4, -0.2) is 15.9 Å². The van der Waals surface area contributed by atoms with Gasteiger partial charge in [-0.25, -0.2) is 0 Å². The molecule has 0 saturated heterocycles. The van der Waals surface area contributed by atoms with Crippen LogP contribution in [0.25, 0.3) is 0 Å². The Kier molecular flexibility index (Phi) is 5.08. The van der Waals surface area contributed by atoms with Gasteiger partial charge in [0.25, 0.3) is 0 Å². The maximum atomic E-state index is 4.54. The van der Waals surface area contributed by atoms with Crippen molar-refractivity contribution in [2.75, 3.05) is 11.5 Å². The maximum absolute atomic E-state index is 4.54. The summed E-state index contributed by atoms with van der Waals surface area (Å²) in [5, 5.41) is 2.21. The van der Waals surface area contributed by atoms with E-state index in [0.29, 0.717) is 5.41 Å². The lowest BCUT2D eigenvalue weighted by Crippen LogP contribution is -2.14. The molecule has 1 rings (SSSR count). The molecule has 1 aromatic heterocycles. The minimum absolute atomic E-state index is 0.233. The van der Waals surface area contributed by atoms with Crippen molar-refractivity contribution in [2.24, 2.45) is 5.41 Å². The molecule has 98 valence electrons. The zero-order valence-corrected chi connectivity index (χ0v) is 13.6. The molecule has 0 fully saturated rings. The Bertz CT molecular complexity index is 342. The van der Waals surface area contributed by atoms with Crippen molar-refractivity contribution in [1.82, 2.24) is 4.37 Å². The first-order valence-electron chi connectivity index (χ1n) is 6.22. The van der Waals surface area contributed by atoms with Crippen LogP contribution in [0, 0.1) is 5.41 Å². The largest absolute Gasteiger partial charge is 0.197 e. The second-order valence-corrected chi connectivity index (χ2v) is 8.52. The van der Waals surface area contributed by atoms with Crippen LogP contribution in [-0.2, 0) is 11.8 Å². The summed E-state index contributed by atoms with van der Waals surface area (Å²) < 4.78 is 4.54. The van der Waals surface area contributed by atoms with Gasteiger partial charge >= 0.3 is 0 Å². The van der Waals surface area contributed by atoms with Gasteiger partial charge in [-0.3, -0.25) is 0 Å². The van der Waals surface area contributed by atoms with Gasteiger partial charge in [-0.2, -0.15) is 16.1 Å². The molecule has 0 spiro atoms. The third-order valence-corrected chi connectivity index (χ3v) is 4.70. The Morgan fingerprint density at radius 1 is 1.18 bits per heavy atom. The highest BCUT2D eigenvalue weighted by Gasteiger charge is 2.19. The predicted molar refractivity (Wildman–Crippen MR) is 81.3 cm³/mol. The first kappa shape index (κ1) is 15.0. The van der Waals surface area contributed by atoms with Crippen LogP contribution in [0.4, 0.5) is 0 Å². The van der Waals surface area contributed by atoms with Gasteiger partial charge in [0.2, 0.25) is 0 Å². The van der Waals surface area contributed by atoms with Crippen LogP contribution in [0.5, 0.6) is 0 Å². The molecule has 0 aliphatic heterocycles. The van der Waals surface area contributed by atoms with Gasteiger partial charge in [0.05, 0.1) is 5.69 Å². The average molecular weight is 271 g/mol. The van der Waals surface area contributed by atoms with E-state index >= 15 is 0 Å². The molecule has 1 nitrogen and oxygen atoms in total. The van der Waals surface area contributed by atoms with E-state index in [-0.39, 0.29) is 5.41 Å². The highest BCUT2D eigenvalue weighted by molar-refractivity contribution is 7.99. The number of thioether (sulfide) groups is 1. The summed E-state index contributed by atoms with van der Waals surface area (Å²) in [5.41, 5.74) is 3.40. The summed E-state index contributed by atoms with van der Waals surface area (Å²) in [6.45, 7) is 13.7. The summed E-state index contributed by atoms with van der Waals surface area (Å²) in [5.74, 6) is 2.41. The molecule has 1 heterocycles. The molecule has 0 atom stereocenters. The lowest BCUT2D eigenvalue weighted by atomic mass is 9.87. The topological polar surface area (TPSA) is 12.9 Å². The molecule has 17 heavy (non-hydrogen) atoms. The fourth-order valence-electron chi connectivity index (χ4n) is 1.60. The molecular formula is C14H25NS2. The summed E-state index contributed by atoms with van der Waals surface area (Å²) in [7, 11) is 0. The van der Waals surface area contributed by atoms with Crippen molar-refractivity contribution in [3.05, 3.63) is 16.6 Å². The maximum Gasteiger partial charge on any atom is 0.0587 e. The summed E-state index contributed by atoms with van der Waals surface area (Å²) in [6.07, 6.45) is 1.11. The molecular weight excluding hydrogens is 246 g/mol.